The summed E-state index contributed by atoms with van der Waals surface area (Å²) in [5, 5.41) is 5.02. The lowest BCUT2D eigenvalue weighted by Gasteiger charge is -2.39. The molecule has 1 nitrogen and oxygen atoms in total. The highest BCUT2D eigenvalue weighted by molar-refractivity contribution is 5.91. The smallest absolute Gasteiger partial charge is 0.0468 e. The molecule has 3 aliphatic rings. The number of hydrogen-bond acceptors (Lipinski definition) is 1. The number of anilines is 3. The predicted molar refractivity (Wildman–Crippen MR) is 232 cm³/mol. The Labute approximate surface area is 324 Å². The van der Waals surface area contributed by atoms with Crippen LogP contribution in [0.25, 0.3) is 54.9 Å². The summed E-state index contributed by atoms with van der Waals surface area (Å²) >= 11 is 0. The van der Waals surface area contributed by atoms with Crippen molar-refractivity contribution >= 4 is 38.6 Å². The summed E-state index contributed by atoms with van der Waals surface area (Å²) in [5.41, 5.74) is 14.8. The Morgan fingerprint density at radius 3 is 1.73 bits per heavy atom. The van der Waals surface area contributed by atoms with E-state index in [0.29, 0.717) is 5.92 Å². The zero-order valence-electron chi connectivity index (χ0n) is 31.5. The van der Waals surface area contributed by atoms with Crippen molar-refractivity contribution < 1.29 is 0 Å². The van der Waals surface area contributed by atoms with Gasteiger partial charge in [-0.15, -0.1) is 0 Å². The van der Waals surface area contributed by atoms with E-state index < -0.39 is 0 Å². The maximum atomic E-state index is 2.60. The van der Waals surface area contributed by atoms with Crippen molar-refractivity contribution in [1.82, 2.24) is 0 Å². The van der Waals surface area contributed by atoms with Crippen LogP contribution in [0.15, 0.2) is 176 Å². The minimum atomic E-state index is 0.143. The van der Waals surface area contributed by atoms with E-state index in [9.17, 15) is 0 Å². The van der Waals surface area contributed by atoms with Crippen LogP contribution in [0.2, 0.25) is 0 Å². The Hall–Kier alpha value is -5.92. The summed E-state index contributed by atoms with van der Waals surface area (Å²) in [6, 6.07) is 66.0. The van der Waals surface area contributed by atoms with E-state index >= 15 is 0 Å². The predicted octanol–water partition coefficient (Wildman–Crippen LogP) is 14.9. The third kappa shape index (κ3) is 5.06. The number of rotatable bonds is 6. The second-order valence-corrected chi connectivity index (χ2v) is 16.3. The first-order valence-corrected chi connectivity index (χ1v) is 20.4. The first-order valence-electron chi connectivity index (χ1n) is 20.4. The Morgan fingerprint density at radius 1 is 0.473 bits per heavy atom. The maximum absolute atomic E-state index is 2.60. The second-order valence-electron chi connectivity index (χ2n) is 16.3. The molecule has 8 aromatic carbocycles. The van der Waals surface area contributed by atoms with Gasteiger partial charge in [-0.2, -0.15) is 0 Å². The maximum Gasteiger partial charge on any atom is 0.0468 e. The normalized spacial score (nSPS) is 20.9. The number of fused-ring (bicyclic) bond motifs is 9. The minimum absolute atomic E-state index is 0.143. The molecule has 1 heteroatoms. The van der Waals surface area contributed by atoms with Crippen LogP contribution in [0.5, 0.6) is 0 Å². The Balaban J connectivity index is 0.986. The molecule has 2 fully saturated rings. The van der Waals surface area contributed by atoms with Crippen LogP contribution < -0.4 is 4.90 Å². The molecule has 0 radical (unpaired) electrons. The van der Waals surface area contributed by atoms with Gasteiger partial charge in [0.15, 0.2) is 0 Å². The SMILES string of the molecule is CCC1CC2CCCC2C12c1ccccc1-c1ccc(-c3ccc(N(c4ccc(-c5ccc6ccccc6c5)cc4)c4ccc5ccccc5c4)cc3)cc12. The van der Waals surface area contributed by atoms with E-state index in [2.05, 4.69) is 188 Å². The van der Waals surface area contributed by atoms with E-state index in [1.165, 1.54) is 87.0 Å². The van der Waals surface area contributed by atoms with Crippen molar-refractivity contribution in [1.29, 1.82) is 0 Å². The van der Waals surface area contributed by atoms with Crippen LogP contribution in [0.3, 0.4) is 0 Å². The molecule has 0 saturated heterocycles. The third-order valence-corrected chi connectivity index (χ3v) is 13.8. The Bertz CT molecular complexity index is 2720. The van der Waals surface area contributed by atoms with Crippen molar-refractivity contribution in [2.45, 2.75) is 44.4 Å². The van der Waals surface area contributed by atoms with E-state index in [4.69, 9.17) is 0 Å². The molecular formula is C54H45N. The molecule has 55 heavy (non-hydrogen) atoms. The summed E-state index contributed by atoms with van der Waals surface area (Å²) in [4.78, 5) is 2.40. The summed E-state index contributed by atoms with van der Waals surface area (Å²) in [7, 11) is 0. The highest BCUT2D eigenvalue weighted by Gasteiger charge is 2.60. The van der Waals surface area contributed by atoms with Crippen molar-refractivity contribution in [3.8, 4) is 33.4 Å². The van der Waals surface area contributed by atoms with Crippen LogP contribution in [0.4, 0.5) is 17.1 Å². The number of benzene rings is 8. The van der Waals surface area contributed by atoms with Crippen molar-refractivity contribution in [2.24, 2.45) is 17.8 Å². The number of nitrogens with zero attached hydrogens (tertiary/aromatic N) is 1. The first-order chi connectivity index (χ1) is 27.2. The molecule has 4 atom stereocenters. The molecule has 266 valence electrons. The van der Waals surface area contributed by atoms with Gasteiger partial charge < -0.3 is 4.90 Å². The van der Waals surface area contributed by atoms with Crippen LogP contribution in [-0.2, 0) is 5.41 Å². The Kier molecular flexibility index (Phi) is 7.59. The van der Waals surface area contributed by atoms with Gasteiger partial charge in [0.05, 0.1) is 0 Å². The fourth-order valence-electron chi connectivity index (χ4n) is 11.4. The van der Waals surface area contributed by atoms with Crippen molar-refractivity contribution in [2.75, 3.05) is 4.90 Å². The van der Waals surface area contributed by atoms with Gasteiger partial charge in [0.1, 0.15) is 0 Å². The van der Waals surface area contributed by atoms with Gasteiger partial charge >= 0.3 is 0 Å². The average Bonchev–Trinajstić information content (AvgIpc) is 3.93. The number of hydrogen-bond donors (Lipinski definition) is 0. The van der Waals surface area contributed by atoms with Crippen LogP contribution in [0, 0.1) is 17.8 Å². The lowest BCUT2D eigenvalue weighted by Crippen LogP contribution is -2.36. The van der Waals surface area contributed by atoms with E-state index in [1.807, 2.05) is 0 Å². The highest BCUT2D eigenvalue weighted by Crippen LogP contribution is 2.67. The molecule has 11 rings (SSSR count). The topological polar surface area (TPSA) is 3.24 Å². The largest absolute Gasteiger partial charge is 0.310 e. The van der Waals surface area contributed by atoms with Gasteiger partial charge in [0, 0.05) is 22.5 Å². The summed E-state index contributed by atoms with van der Waals surface area (Å²) in [5.74, 6) is 2.31. The fourth-order valence-corrected chi connectivity index (χ4v) is 11.4. The van der Waals surface area contributed by atoms with Gasteiger partial charge in [-0.05, 0) is 145 Å². The first kappa shape index (κ1) is 32.5. The summed E-state index contributed by atoms with van der Waals surface area (Å²) < 4.78 is 0. The van der Waals surface area contributed by atoms with Gasteiger partial charge in [-0.1, -0.05) is 154 Å². The fraction of sp³-hybridized carbons (Fsp3) is 0.185. The molecule has 3 aliphatic carbocycles. The molecule has 1 spiro atoms. The van der Waals surface area contributed by atoms with E-state index in [0.717, 1.165) is 28.9 Å². The lowest BCUT2D eigenvalue weighted by molar-refractivity contribution is 0.287. The summed E-state index contributed by atoms with van der Waals surface area (Å²) in [6.45, 7) is 2.44. The molecule has 2 saturated carbocycles. The monoisotopic (exact) mass is 707 g/mol. The zero-order chi connectivity index (χ0) is 36.5. The molecular weight excluding hydrogens is 663 g/mol. The van der Waals surface area contributed by atoms with Crippen LogP contribution >= 0.6 is 0 Å². The Morgan fingerprint density at radius 2 is 1.02 bits per heavy atom. The van der Waals surface area contributed by atoms with E-state index in [-0.39, 0.29) is 5.41 Å². The molecule has 0 bridgehead atoms. The molecule has 4 unspecified atom stereocenters. The van der Waals surface area contributed by atoms with Gasteiger partial charge in [-0.3, -0.25) is 0 Å². The average molecular weight is 708 g/mol. The highest BCUT2D eigenvalue weighted by atomic mass is 15.1. The quantitative estimate of drug-likeness (QED) is 0.166. The molecule has 0 aliphatic heterocycles. The molecule has 0 aromatic heterocycles. The van der Waals surface area contributed by atoms with E-state index in [1.54, 1.807) is 11.1 Å². The third-order valence-electron chi connectivity index (χ3n) is 13.8. The molecule has 0 heterocycles. The van der Waals surface area contributed by atoms with Crippen molar-refractivity contribution in [3.63, 3.8) is 0 Å². The van der Waals surface area contributed by atoms with Crippen LogP contribution in [-0.4, -0.2) is 0 Å². The molecule has 0 amide bonds. The zero-order valence-corrected chi connectivity index (χ0v) is 31.5. The minimum Gasteiger partial charge on any atom is -0.310 e. The van der Waals surface area contributed by atoms with Crippen molar-refractivity contribution in [3.05, 3.63) is 187 Å². The van der Waals surface area contributed by atoms with Gasteiger partial charge in [0.2, 0.25) is 0 Å². The second kappa shape index (κ2) is 12.8. The van der Waals surface area contributed by atoms with Gasteiger partial charge in [0.25, 0.3) is 0 Å². The summed E-state index contributed by atoms with van der Waals surface area (Å²) in [6.07, 6.45) is 6.77. The lowest BCUT2D eigenvalue weighted by atomic mass is 9.63. The van der Waals surface area contributed by atoms with Gasteiger partial charge in [-0.25, -0.2) is 0 Å². The van der Waals surface area contributed by atoms with Crippen LogP contribution in [0.1, 0.15) is 50.2 Å². The standard InChI is InChI=1S/C54H45N/c1-2-45-33-44-14-9-17-51(44)54(45)52-16-8-7-15-49(52)50-31-25-43(35-53(50)54)39-22-28-47(29-23-39)55(48-30-24-37-11-4-6-13-41(37)34-48)46-26-20-38(21-27-46)42-19-18-36-10-3-5-12-40(36)32-42/h3-8,10-13,15-16,18-32,34-35,44-45,51H,2,9,14,17,33H2,1H3. The molecule has 0 N–H and O–H groups in total. The molecule has 8 aromatic rings.